The van der Waals surface area contributed by atoms with Crippen molar-refractivity contribution in [3.05, 3.63) is 126 Å². The minimum Gasteiger partial charge on any atom is -0.497 e. The van der Waals surface area contributed by atoms with Gasteiger partial charge < -0.3 is 24.1 Å². The van der Waals surface area contributed by atoms with E-state index in [0.29, 0.717) is 24.6 Å². The standard InChI is InChI=1S/C34H34N2O4/c1-38-27-15-13-25(14-16-27)22-36-23-32(30-11-7-8-12-33(30)36)31(26-17-28(39-2)19-29(18-26)40-3)20-34(37)35-21-24-9-5-4-6-10-24/h4-19,23,31H,20-22H2,1-3H3,(H,35,37). The molecule has 1 atom stereocenters. The van der Waals surface area contributed by atoms with Gasteiger partial charge in [0.1, 0.15) is 17.2 Å². The van der Waals surface area contributed by atoms with Gasteiger partial charge in [-0.15, -0.1) is 0 Å². The van der Waals surface area contributed by atoms with Gasteiger partial charge in [-0.1, -0.05) is 60.7 Å². The van der Waals surface area contributed by atoms with Gasteiger partial charge in [0.2, 0.25) is 5.91 Å². The summed E-state index contributed by atoms with van der Waals surface area (Å²) >= 11 is 0. The molecule has 1 heterocycles. The molecule has 1 amide bonds. The van der Waals surface area contributed by atoms with Crippen molar-refractivity contribution in [3.8, 4) is 17.2 Å². The lowest BCUT2D eigenvalue weighted by atomic mass is 9.87. The van der Waals surface area contributed by atoms with Crippen molar-refractivity contribution in [3.63, 3.8) is 0 Å². The van der Waals surface area contributed by atoms with Crippen LogP contribution in [0.2, 0.25) is 0 Å². The normalized spacial score (nSPS) is 11.7. The molecule has 0 bridgehead atoms. The Morgan fingerprint density at radius 2 is 1.40 bits per heavy atom. The number of hydrogen-bond acceptors (Lipinski definition) is 4. The van der Waals surface area contributed by atoms with Crippen molar-refractivity contribution < 1.29 is 19.0 Å². The second-order valence-corrected chi connectivity index (χ2v) is 9.74. The highest BCUT2D eigenvalue weighted by Gasteiger charge is 2.24. The summed E-state index contributed by atoms with van der Waals surface area (Å²) in [7, 11) is 4.95. The summed E-state index contributed by atoms with van der Waals surface area (Å²) in [4.78, 5) is 13.4. The molecule has 1 N–H and O–H groups in total. The number of rotatable bonds is 11. The second-order valence-electron chi connectivity index (χ2n) is 9.74. The van der Waals surface area contributed by atoms with E-state index in [1.54, 1.807) is 21.3 Å². The molecule has 204 valence electrons. The first-order valence-corrected chi connectivity index (χ1v) is 13.3. The number of ether oxygens (including phenoxy) is 3. The van der Waals surface area contributed by atoms with Crippen LogP contribution in [-0.4, -0.2) is 31.8 Å². The third-order valence-corrected chi connectivity index (χ3v) is 7.20. The zero-order chi connectivity index (χ0) is 27.9. The molecule has 0 aliphatic carbocycles. The molecule has 4 aromatic carbocycles. The summed E-state index contributed by atoms with van der Waals surface area (Å²) in [5, 5.41) is 4.22. The topological polar surface area (TPSA) is 61.7 Å². The second kappa shape index (κ2) is 12.4. The largest absolute Gasteiger partial charge is 0.497 e. The van der Waals surface area contributed by atoms with Crippen molar-refractivity contribution in [1.29, 1.82) is 0 Å². The van der Waals surface area contributed by atoms with E-state index in [2.05, 4.69) is 40.3 Å². The Kier molecular flexibility index (Phi) is 8.35. The summed E-state index contributed by atoms with van der Waals surface area (Å²) in [6.45, 7) is 1.17. The van der Waals surface area contributed by atoms with Gasteiger partial charge in [-0.2, -0.15) is 0 Å². The van der Waals surface area contributed by atoms with Crippen LogP contribution in [0.15, 0.2) is 103 Å². The SMILES string of the molecule is COc1ccc(Cn2cc(C(CC(=O)NCc3ccccc3)c3cc(OC)cc(OC)c3)c3ccccc32)cc1. The number of fused-ring (bicyclic) bond motifs is 1. The third kappa shape index (κ3) is 6.12. The molecule has 0 fully saturated rings. The van der Waals surface area contributed by atoms with Crippen LogP contribution in [0.4, 0.5) is 0 Å². The van der Waals surface area contributed by atoms with Gasteiger partial charge in [-0.25, -0.2) is 0 Å². The maximum Gasteiger partial charge on any atom is 0.221 e. The monoisotopic (exact) mass is 534 g/mol. The molecule has 0 radical (unpaired) electrons. The number of amides is 1. The van der Waals surface area contributed by atoms with E-state index in [0.717, 1.165) is 38.9 Å². The highest BCUT2D eigenvalue weighted by atomic mass is 16.5. The van der Waals surface area contributed by atoms with Crippen molar-refractivity contribution >= 4 is 16.8 Å². The Labute approximate surface area is 235 Å². The Bertz CT molecular complexity index is 1550. The van der Waals surface area contributed by atoms with Crippen LogP contribution >= 0.6 is 0 Å². The average Bonchev–Trinajstić information content (AvgIpc) is 3.37. The van der Waals surface area contributed by atoms with Gasteiger partial charge in [0, 0.05) is 48.6 Å². The fourth-order valence-electron chi connectivity index (χ4n) is 5.10. The Morgan fingerprint density at radius 1 is 0.750 bits per heavy atom. The number of methoxy groups -OCH3 is 3. The van der Waals surface area contributed by atoms with E-state index in [1.807, 2.05) is 72.8 Å². The van der Waals surface area contributed by atoms with E-state index in [-0.39, 0.29) is 18.2 Å². The molecule has 0 saturated carbocycles. The first-order valence-electron chi connectivity index (χ1n) is 13.3. The molecule has 0 aliphatic heterocycles. The lowest BCUT2D eigenvalue weighted by Gasteiger charge is -2.19. The van der Waals surface area contributed by atoms with Crippen molar-refractivity contribution in [2.24, 2.45) is 0 Å². The zero-order valence-corrected chi connectivity index (χ0v) is 23.1. The summed E-state index contributed by atoms with van der Waals surface area (Å²) in [5.74, 6) is 1.96. The molecule has 40 heavy (non-hydrogen) atoms. The van der Waals surface area contributed by atoms with Gasteiger partial charge in [0.15, 0.2) is 0 Å². The number of nitrogens with one attached hydrogen (secondary N) is 1. The predicted molar refractivity (Wildman–Crippen MR) is 158 cm³/mol. The van der Waals surface area contributed by atoms with E-state index in [4.69, 9.17) is 14.2 Å². The molecule has 0 saturated heterocycles. The number of para-hydroxylation sites is 1. The Hall–Kier alpha value is -4.71. The summed E-state index contributed by atoms with van der Waals surface area (Å²) in [6, 6.07) is 32.2. The Morgan fingerprint density at radius 3 is 2.08 bits per heavy atom. The van der Waals surface area contributed by atoms with Crippen LogP contribution in [0, 0.1) is 0 Å². The quantitative estimate of drug-likeness (QED) is 0.209. The maximum absolute atomic E-state index is 13.4. The zero-order valence-electron chi connectivity index (χ0n) is 23.1. The number of carbonyl (C=O) groups excluding carboxylic acids is 1. The molecule has 0 spiro atoms. The van der Waals surface area contributed by atoms with Crippen molar-refractivity contribution in [1.82, 2.24) is 9.88 Å². The lowest BCUT2D eigenvalue weighted by molar-refractivity contribution is -0.121. The minimum atomic E-state index is -0.221. The van der Waals surface area contributed by atoms with Gasteiger partial charge in [0.05, 0.1) is 21.3 Å². The average molecular weight is 535 g/mol. The van der Waals surface area contributed by atoms with Gasteiger partial charge in [0.25, 0.3) is 0 Å². The van der Waals surface area contributed by atoms with Crippen LogP contribution in [-0.2, 0) is 17.9 Å². The fourth-order valence-corrected chi connectivity index (χ4v) is 5.10. The van der Waals surface area contributed by atoms with E-state index in [9.17, 15) is 4.79 Å². The van der Waals surface area contributed by atoms with Crippen LogP contribution in [0.1, 0.15) is 34.6 Å². The van der Waals surface area contributed by atoms with Crippen LogP contribution in [0.3, 0.4) is 0 Å². The van der Waals surface area contributed by atoms with Gasteiger partial charge in [-0.3, -0.25) is 4.79 Å². The summed E-state index contributed by atoms with van der Waals surface area (Å²) in [6.07, 6.45) is 2.45. The van der Waals surface area contributed by atoms with Crippen LogP contribution in [0.5, 0.6) is 17.2 Å². The smallest absolute Gasteiger partial charge is 0.221 e. The number of aromatic nitrogens is 1. The summed E-state index contributed by atoms with van der Waals surface area (Å²) < 4.78 is 18.8. The predicted octanol–water partition coefficient (Wildman–Crippen LogP) is 6.55. The molecule has 6 heteroatoms. The molecular weight excluding hydrogens is 500 g/mol. The van der Waals surface area contributed by atoms with Gasteiger partial charge in [-0.05, 0) is 52.6 Å². The Balaban J connectivity index is 1.54. The van der Waals surface area contributed by atoms with Crippen LogP contribution < -0.4 is 19.5 Å². The minimum absolute atomic E-state index is 0.0253. The molecule has 1 unspecified atom stereocenters. The molecule has 5 rings (SSSR count). The first-order chi connectivity index (χ1) is 19.6. The number of carbonyl (C=O) groups is 1. The lowest BCUT2D eigenvalue weighted by Crippen LogP contribution is -2.25. The van der Waals surface area contributed by atoms with Crippen molar-refractivity contribution in [2.45, 2.75) is 25.4 Å². The molecule has 6 nitrogen and oxygen atoms in total. The highest BCUT2D eigenvalue weighted by molar-refractivity contribution is 5.87. The maximum atomic E-state index is 13.4. The highest BCUT2D eigenvalue weighted by Crippen LogP contribution is 2.38. The molecule has 1 aromatic heterocycles. The van der Waals surface area contributed by atoms with E-state index in [1.165, 1.54) is 0 Å². The first kappa shape index (κ1) is 26.9. The molecule has 5 aromatic rings. The third-order valence-electron chi connectivity index (χ3n) is 7.20. The summed E-state index contributed by atoms with van der Waals surface area (Å²) in [5.41, 5.74) is 5.37. The number of hydrogen-bond donors (Lipinski definition) is 1. The molecular formula is C34H34N2O4. The fraction of sp³-hybridized carbons (Fsp3) is 0.206. The van der Waals surface area contributed by atoms with Crippen LogP contribution in [0.25, 0.3) is 10.9 Å². The van der Waals surface area contributed by atoms with E-state index < -0.39 is 0 Å². The van der Waals surface area contributed by atoms with E-state index >= 15 is 0 Å². The van der Waals surface area contributed by atoms with Crippen molar-refractivity contribution in [2.75, 3.05) is 21.3 Å². The molecule has 0 aliphatic rings. The van der Waals surface area contributed by atoms with Gasteiger partial charge >= 0.3 is 0 Å². The number of benzene rings is 4. The number of nitrogens with zero attached hydrogens (tertiary/aromatic N) is 1.